The fourth-order valence-electron chi connectivity index (χ4n) is 1.33. The Kier molecular flexibility index (Phi) is 7.28. The van der Waals surface area contributed by atoms with Crippen molar-refractivity contribution in [3.63, 3.8) is 0 Å². The van der Waals surface area contributed by atoms with Crippen molar-refractivity contribution in [1.82, 2.24) is 0 Å². The van der Waals surface area contributed by atoms with Crippen molar-refractivity contribution in [3.05, 3.63) is 23.0 Å². The molecule has 0 N–H and O–H groups in total. The van der Waals surface area contributed by atoms with Gasteiger partial charge in [-0.25, -0.2) is 18.2 Å². The number of carbonyl (C=O) groups excluding carboxylic acids is 1. The molecule has 0 radical (unpaired) electrons. The van der Waals surface area contributed by atoms with Gasteiger partial charge in [0, 0.05) is 11.8 Å². The summed E-state index contributed by atoms with van der Waals surface area (Å²) in [6, 6.07) is 2.39. The summed E-state index contributed by atoms with van der Waals surface area (Å²) < 4.78 is 39.6. The number of alkyl halides is 2. The van der Waals surface area contributed by atoms with Crippen LogP contribution in [0.1, 0.15) is 20.8 Å². The first-order chi connectivity index (χ1) is 10.1. The smallest absolute Gasteiger partial charge is 0.254 e. The SMILES string of the molecule is CC(=O)CSC(C)=Nc1cc(SCC(C)(F)F)c(Cl)cc1F. The molecule has 0 heterocycles. The van der Waals surface area contributed by atoms with E-state index < -0.39 is 17.5 Å². The number of nitrogens with zero attached hydrogens (tertiary/aromatic N) is 1. The van der Waals surface area contributed by atoms with Crippen LogP contribution in [0.4, 0.5) is 18.9 Å². The fourth-order valence-corrected chi connectivity index (χ4v) is 3.02. The minimum Gasteiger partial charge on any atom is -0.299 e. The zero-order valence-corrected chi connectivity index (χ0v) is 14.6. The standard InChI is InChI=1S/C14H15ClF3NOS2/c1-8(20)6-21-9(2)19-12-5-13(10(15)4-11(12)16)22-7-14(3,17)18/h4-5H,6-7H2,1-3H3. The lowest BCUT2D eigenvalue weighted by Crippen LogP contribution is -2.12. The van der Waals surface area contributed by atoms with Crippen LogP contribution in [0.5, 0.6) is 0 Å². The Bertz CT molecular complexity index is 588. The molecule has 0 unspecified atom stereocenters. The topological polar surface area (TPSA) is 29.4 Å². The number of hydrogen-bond acceptors (Lipinski definition) is 4. The summed E-state index contributed by atoms with van der Waals surface area (Å²) in [5.41, 5.74) is 0.0138. The largest absolute Gasteiger partial charge is 0.299 e. The van der Waals surface area contributed by atoms with Crippen LogP contribution in [0.25, 0.3) is 0 Å². The molecule has 0 aliphatic rings. The van der Waals surface area contributed by atoms with Crippen LogP contribution in [0.2, 0.25) is 5.02 Å². The van der Waals surface area contributed by atoms with E-state index in [-0.39, 0.29) is 22.2 Å². The molecule has 0 saturated carbocycles. The number of rotatable bonds is 6. The molecule has 0 spiro atoms. The summed E-state index contributed by atoms with van der Waals surface area (Å²) in [6.07, 6.45) is 0. The number of Topliss-reactive ketones (excluding diaryl/α,β-unsaturated/α-hetero) is 1. The minimum atomic E-state index is -2.85. The highest BCUT2D eigenvalue weighted by Gasteiger charge is 2.22. The van der Waals surface area contributed by atoms with E-state index >= 15 is 0 Å². The zero-order chi connectivity index (χ0) is 16.9. The highest BCUT2D eigenvalue weighted by atomic mass is 35.5. The van der Waals surface area contributed by atoms with Gasteiger partial charge in [-0.1, -0.05) is 11.6 Å². The zero-order valence-electron chi connectivity index (χ0n) is 12.3. The molecule has 1 rings (SSSR count). The molecule has 8 heteroatoms. The van der Waals surface area contributed by atoms with Crippen LogP contribution in [0, 0.1) is 5.82 Å². The third-order valence-corrected chi connectivity index (χ3v) is 5.03. The van der Waals surface area contributed by atoms with Gasteiger partial charge in [0.25, 0.3) is 5.92 Å². The van der Waals surface area contributed by atoms with E-state index in [1.165, 1.54) is 24.8 Å². The molecule has 0 amide bonds. The minimum absolute atomic E-state index is 0.0138. The van der Waals surface area contributed by atoms with E-state index in [2.05, 4.69) is 4.99 Å². The second-order valence-corrected chi connectivity index (χ2v) is 7.31. The Morgan fingerprint density at radius 2 is 2.00 bits per heavy atom. The monoisotopic (exact) mass is 369 g/mol. The Hall–Kier alpha value is -0.660. The van der Waals surface area contributed by atoms with E-state index in [4.69, 9.17) is 11.6 Å². The number of ketones is 1. The van der Waals surface area contributed by atoms with Gasteiger partial charge >= 0.3 is 0 Å². The van der Waals surface area contributed by atoms with Gasteiger partial charge in [0.15, 0.2) is 0 Å². The van der Waals surface area contributed by atoms with Crippen molar-refractivity contribution < 1.29 is 18.0 Å². The number of benzene rings is 1. The highest BCUT2D eigenvalue weighted by Crippen LogP contribution is 2.36. The maximum absolute atomic E-state index is 13.8. The van der Waals surface area contributed by atoms with Gasteiger partial charge in [-0.05, 0) is 26.0 Å². The molecule has 0 aliphatic heterocycles. The molecule has 0 saturated heterocycles. The van der Waals surface area contributed by atoms with Gasteiger partial charge in [-0.3, -0.25) is 4.79 Å². The lowest BCUT2D eigenvalue weighted by atomic mass is 10.3. The summed E-state index contributed by atoms with van der Waals surface area (Å²) >= 11 is 7.90. The molecule has 2 nitrogen and oxygen atoms in total. The average molecular weight is 370 g/mol. The Balaban J connectivity index is 2.95. The lowest BCUT2D eigenvalue weighted by Gasteiger charge is -2.11. The molecule has 0 bridgehead atoms. The van der Waals surface area contributed by atoms with Crippen LogP contribution in [0.15, 0.2) is 22.0 Å². The number of carbonyl (C=O) groups is 1. The van der Waals surface area contributed by atoms with Crippen LogP contribution >= 0.6 is 35.1 Å². The highest BCUT2D eigenvalue weighted by molar-refractivity contribution is 8.14. The summed E-state index contributed by atoms with van der Waals surface area (Å²) in [5, 5.41) is 0.577. The predicted octanol–water partition coefficient (Wildman–Crippen LogP) is 5.60. The van der Waals surface area contributed by atoms with E-state index in [1.807, 2.05) is 0 Å². The molecule has 0 fully saturated rings. The molecule has 0 aliphatic carbocycles. The van der Waals surface area contributed by atoms with Gasteiger partial charge in [0.1, 0.15) is 17.3 Å². The van der Waals surface area contributed by atoms with Crippen molar-refractivity contribution in [1.29, 1.82) is 0 Å². The Labute approximate surface area is 140 Å². The second-order valence-electron chi connectivity index (χ2n) is 4.71. The maximum Gasteiger partial charge on any atom is 0.254 e. The van der Waals surface area contributed by atoms with Crippen LogP contribution in [-0.4, -0.2) is 28.3 Å². The third-order valence-electron chi connectivity index (χ3n) is 2.24. The van der Waals surface area contributed by atoms with Crippen LogP contribution in [-0.2, 0) is 4.79 Å². The number of aliphatic imine (C=N–C) groups is 1. The lowest BCUT2D eigenvalue weighted by molar-refractivity contribution is -0.114. The molecule has 1 aromatic carbocycles. The van der Waals surface area contributed by atoms with Gasteiger partial charge in [-0.15, -0.1) is 23.5 Å². The van der Waals surface area contributed by atoms with E-state index in [1.54, 1.807) is 6.92 Å². The summed E-state index contributed by atoms with van der Waals surface area (Å²) in [6.45, 7) is 3.90. The Morgan fingerprint density at radius 3 is 2.55 bits per heavy atom. The van der Waals surface area contributed by atoms with Gasteiger partial charge in [0.2, 0.25) is 0 Å². The van der Waals surface area contributed by atoms with Crippen LogP contribution < -0.4 is 0 Å². The second kappa shape index (κ2) is 8.26. The predicted molar refractivity (Wildman–Crippen MR) is 88.7 cm³/mol. The van der Waals surface area contributed by atoms with Crippen molar-refractivity contribution in [2.75, 3.05) is 11.5 Å². The van der Waals surface area contributed by atoms with E-state index in [0.29, 0.717) is 9.94 Å². The Morgan fingerprint density at radius 1 is 1.36 bits per heavy atom. The first kappa shape index (κ1) is 19.4. The molecule has 1 aromatic rings. The third kappa shape index (κ3) is 7.07. The molecular formula is C14H15ClF3NOS2. The number of hydrogen-bond donors (Lipinski definition) is 0. The van der Waals surface area contributed by atoms with Gasteiger partial charge in [-0.2, -0.15) is 0 Å². The quantitative estimate of drug-likeness (QED) is 0.371. The molecule has 122 valence electrons. The summed E-state index contributed by atoms with van der Waals surface area (Å²) in [4.78, 5) is 15.3. The van der Waals surface area contributed by atoms with Gasteiger partial charge < -0.3 is 0 Å². The summed E-state index contributed by atoms with van der Waals surface area (Å²) in [7, 11) is 0. The van der Waals surface area contributed by atoms with Crippen molar-refractivity contribution in [2.45, 2.75) is 31.6 Å². The number of thioether (sulfide) groups is 2. The van der Waals surface area contributed by atoms with Crippen molar-refractivity contribution in [2.24, 2.45) is 4.99 Å². The van der Waals surface area contributed by atoms with Gasteiger partial charge in [0.05, 0.1) is 21.6 Å². The van der Waals surface area contributed by atoms with E-state index in [9.17, 15) is 18.0 Å². The fraction of sp³-hybridized carbons (Fsp3) is 0.429. The van der Waals surface area contributed by atoms with Crippen molar-refractivity contribution in [3.8, 4) is 0 Å². The van der Waals surface area contributed by atoms with E-state index in [0.717, 1.165) is 24.8 Å². The summed E-state index contributed by atoms with van der Waals surface area (Å²) in [5.74, 6) is -3.72. The molecule has 0 atom stereocenters. The van der Waals surface area contributed by atoms with Crippen LogP contribution in [0.3, 0.4) is 0 Å². The maximum atomic E-state index is 13.8. The molecule has 0 aromatic heterocycles. The molecular weight excluding hydrogens is 355 g/mol. The molecule has 22 heavy (non-hydrogen) atoms. The first-order valence-electron chi connectivity index (χ1n) is 6.25. The first-order valence-corrected chi connectivity index (χ1v) is 8.60. The van der Waals surface area contributed by atoms with Crippen molar-refractivity contribution >= 4 is 51.6 Å². The average Bonchev–Trinajstić information content (AvgIpc) is 2.37. The number of halogens is 4. The normalized spacial score (nSPS) is 12.6.